The minimum atomic E-state index is -7.41. The Balaban J connectivity index is 1.67. The van der Waals surface area contributed by atoms with Crippen LogP contribution in [0.4, 0.5) is 0 Å². The molecule has 0 N–H and O–H groups in total. The molecule has 12 aromatic rings. The van der Waals surface area contributed by atoms with Gasteiger partial charge < -0.3 is 0 Å². The molecule has 0 nitrogen and oxygen atoms in total. The summed E-state index contributed by atoms with van der Waals surface area (Å²) in [6.45, 7) is 0. The molecule has 6 heteroatoms. The summed E-state index contributed by atoms with van der Waals surface area (Å²) >= 11 is -7.41. The van der Waals surface area contributed by atoms with Gasteiger partial charge in [-0.15, -0.1) is 0 Å². The van der Waals surface area contributed by atoms with Crippen molar-refractivity contribution in [3.8, 4) is 0 Å². The van der Waals surface area contributed by atoms with Crippen LogP contribution >= 0.6 is 30.8 Å². The van der Waals surface area contributed by atoms with Gasteiger partial charge in [0.05, 0.1) is 0 Å². The SMILES string of the molecule is [Cl][W]([PH](c1ccccc1)(c1ccccc1)c1ccccc1)([PH](c1ccccc1)(c1ccccc1)c1ccccc1)([PH](c1ccccc1)(c1ccccc1)c1ccccc1)[PH](c1ccccc1)(c1ccccc1)c1ccccc1. The van der Waals surface area contributed by atoms with Gasteiger partial charge in [-0.1, -0.05) is 0 Å². The van der Waals surface area contributed by atoms with E-state index in [1.165, 1.54) is 63.7 Å². The van der Waals surface area contributed by atoms with Crippen molar-refractivity contribution < 1.29 is 11.7 Å². The molecule has 12 aromatic carbocycles. The number of hydrogen-bond donors (Lipinski definition) is 0. The molecule has 0 aliphatic carbocycles. The Hall–Kier alpha value is -6.66. The monoisotopic (exact) mass is 1270 g/mol. The van der Waals surface area contributed by atoms with Crippen molar-refractivity contribution >= 4 is 94.5 Å². The summed E-state index contributed by atoms with van der Waals surface area (Å²) in [5, 5.41) is -0.865. The first-order chi connectivity index (χ1) is 38.6. The molecular weight excluding hydrogens is 1210 g/mol. The minimum absolute atomic E-state index is 1.33. The van der Waals surface area contributed by atoms with Crippen molar-refractivity contribution in [1.82, 2.24) is 0 Å². The van der Waals surface area contributed by atoms with Crippen LogP contribution in [0.15, 0.2) is 364 Å². The first kappa shape index (κ1) is 52.1. The topological polar surface area (TPSA) is 0 Å². The molecular formula is C72H64ClP4W. The second kappa shape index (κ2) is 22.2. The Morgan fingerprint density at radius 1 is 0.141 bits per heavy atom. The Labute approximate surface area is 466 Å². The fraction of sp³-hybridized carbons (Fsp3) is 0. The van der Waals surface area contributed by atoms with Crippen LogP contribution in [-0.2, 0) is 11.7 Å². The van der Waals surface area contributed by atoms with E-state index in [9.17, 15) is 9.42 Å². The quantitative estimate of drug-likeness (QED) is 0.0846. The second-order valence-electron chi connectivity index (χ2n) is 20.0. The molecule has 0 radical (unpaired) electrons. The first-order valence-corrected chi connectivity index (χ1v) is 55.8. The predicted octanol–water partition coefficient (Wildman–Crippen LogP) is 13.4. The van der Waals surface area contributed by atoms with Gasteiger partial charge >= 0.3 is 470 Å². The van der Waals surface area contributed by atoms with E-state index in [4.69, 9.17) is 0 Å². The molecule has 0 unspecified atom stereocenters. The molecule has 0 saturated heterocycles. The van der Waals surface area contributed by atoms with Gasteiger partial charge in [0.2, 0.25) is 0 Å². The molecule has 0 amide bonds. The van der Waals surface area contributed by atoms with E-state index >= 15 is 0 Å². The molecule has 0 aliphatic heterocycles. The van der Waals surface area contributed by atoms with E-state index in [0.29, 0.717) is 0 Å². The standard InChI is InChI=1S/4C18H15P.ClH.W/c4*1-4-10-16(11-5-1)19(17-12-6-2-7-13-17)18-14-8-3-9-15-18;;/h4*1-15H;1H;/q;;;;;-3/p+3. The van der Waals surface area contributed by atoms with Crippen LogP contribution in [0, 0.1) is 0 Å². The number of benzene rings is 12. The van der Waals surface area contributed by atoms with E-state index in [2.05, 4.69) is 364 Å². The fourth-order valence-electron chi connectivity index (χ4n) is 14.1. The van der Waals surface area contributed by atoms with Gasteiger partial charge in [-0.2, -0.15) is 0 Å². The third-order valence-corrected chi connectivity index (χ3v) is 228. The van der Waals surface area contributed by atoms with Gasteiger partial charge in [0.15, 0.2) is 0 Å². The van der Waals surface area contributed by atoms with Gasteiger partial charge in [-0.25, -0.2) is 0 Å². The fourth-order valence-corrected chi connectivity index (χ4v) is 337. The summed E-state index contributed by atoms with van der Waals surface area (Å²) in [5.74, 6) is 0. The molecule has 0 saturated carbocycles. The Morgan fingerprint density at radius 3 is 0.295 bits per heavy atom. The van der Waals surface area contributed by atoms with Gasteiger partial charge in [-0.3, -0.25) is 0 Å². The summed E-state index contributed by atoms with van der Waals surface area (Å²) in [6.07, 6.45) is 0. The van der Waals surface area contributed by atoms with Gasteiger partial charge in [-0.05, 0) is 0 Å². The van der Waals surface area contributed by atoms with E-state index in [1.807, 2.05) is 0 Å². The molecule has 0 heterocycles. The van der Waals surface area contributed by atoms with E-state index < -0.39 is 33.2 Å². The molecule has 12 rings (SSSR count). The van der Waals surface area contributed by atoms with Crippen LogP contribution in [0.5, 0.6) is 0 Å². The molecule has 0 fully saturated rings. The molecule has 0 spiro atoms. The third kappa shape index (κ3) is 7.39. The van der Waals surface area contributed by atoms with Crippen LogP contribution in [-0.4, -0.2) is 0 Å². The molecule has 0 bridgehead atoms. The molecule has 0 aromatic heterocycles. The average Bonchev–Trinajstić information content (AvgIpc) is 2.58. The van der Waals surface area contributed by atoms with Crippen molar-refractivity contribution in [1.29, 1.82) is 0 Å². The maximum atomic E-state index is 12.4. The molecule has 0 atom stereocenters. The number of hydrogen-bond acceptors (Lipinski definition) is 0. The number of halogens is 1. The van der Waals surface area contributed by atoms with Crippen LogP contribution in [0.3, 0.4) is 0 Å². The van der Waals surface area contributed by atoms with E-state index in [0.717, 1.165) is 0 Å². The summed E-state index contributed by atoms with van der Waals surface area (Å²) in [5.41, 5.74) is 0. The van der Waals surface area contributed by atoms with Gasteiger partial charge in [0, 0.05) is 0 Å². The molecule has 385 valence electrons. The van der Waals surface area contributed by atoms with E-state index in [-0.39, 0.29) is 0 Å². The maximum absolute atomic E-state index is 12.4. The van der Waals surface area contributed by atoms with Gasteiger partial charge in [0.1, 0.15) is 0 Å². The zero-order chi connectivity index (χ0) is 52.8. The Morgan fingerprint density at radius 2 is 0.218 bits per heavy atom. The first-order valence-electron chi connectivity index (χ1n) is 26.9. The summed E-state index contributed by atoms with van der Waals surface area (Å²) < 4.78 is 0. The van der Waals surface area contributed by atoms with Crippen LogP contribution in [0.25, 0.3) is 0 Å². The third-order valence-electron chi connectivity index (χ3n) is 16.5. The van der Waals surface area contributed by atoms with E-state index in [1.54, 1.807) is 0 Å². The van der Waals surface area contributed by atoms with Crippen molar-refractivity contribution in [2.75, 3.05) is 0 Å². The van der Waals surface area contributed by atoms with Crippen LogP contribution in [0.1, 0.15) is 0 Å². The zero-order valence-corrected chi connectivity index (χ0v) is 51.1. The van der Waals surface area contributed by atoms with Crippen LogP contribution in [0.2, 0.25) is 0 Å². The molecule has 78 heavy (non-hydrogen) atoms. The normalized spacial score (nSPS) is 13.5. The summed E-state index contributed by atoms with van der Waals surface area (Å²) in [4.78, 5) is 0. The Kier molecular flexibility index (Phi) is 14.8. The molecule has 0 aliphatic rings. The van der Waals surface area contributed by atoms with Crippen molar-refractivity contribution in [3.63, 3.8) is 0 Å². The van der Waals surface area contributed by atoms with Crippen LogP contribution < -0.4 is 63.7 Å². The summed E-state index contributed by atoms with van der Waals surface area (Å²) in [7, 11) is 12.4. The Bertz CT molecular complexity index is 2930. The summed E-state index contributed by atoms with van der Waals surface area (Å²) in [6, 6.07) is 143. The van der Waals surface area contributed by atoms with Crippen molar-refractivity contribution in [3.05, 3.63) is 364 Å². The second-order valence-corrected chi connectivity index (χ2v) is 126. The zero-order valence-electron chi connectivity index (χ0n) is 43.4. The van der Waals surface area contributed by atoms with Gasteiger partial charge in [0.25, 0.3) is 0 Å². The number of rotatable bonds is 16. The predicted molar refractivity (Wildman–Crippen MR) is 352 cm³/mol. The van der Waals surface area contributed by atoms with Crippen molar-refractivity contribution in [2.24, 2.45) is 0 Å². The average molecular weight is 1270 g/mol. The van der Waals surface area contributed by atoms with Crippen molar-refractivity contribution in [2.45, 2.75) is 0 Å².